The van der Waals surface area contributed by atoms with Crippen LogP contribution in [0.1, 0.15) is 31.9 Å². The second-order valence-electron chi connectivity index (χ2n) is 5.20. The van der Waals surface area contributed by atoms with E-state index in [0.29, 0.717) is 0 Å². The van der Waals surface area contributed by atoms with E-state index in [1.54, 1.807) is 0 Å². The Hall–Kier alpha value is -0.940. The Morgan fingerprint density at radius 3 is 2.78 bits per heavy atom. The maximum Gasteiger partial charge on any atom is 0.0964 e. The molecule has 0 bridgehead atoms. The minimum Gasteiger partial charge on any atom is -0.314 e. The number of hydrogen-bond acceptors (Lipinski definition) is 4. The summed E-state index contributed by atoms with van der Waals surface area (Å²) in [5, 5.41) is 11.4. The summed E-state index contributed by atoms with van der Waals surface area (Å²) < 4.78 is 1.96. The van der Waals surface area contributed by atoms with Crippen molar-refractivity contribution in [1.82, 2.24) is 25.2 Å². The average Bonchev–Trinajstić information content (AvgIpc) is 2.85. The average molecular weight is 251 g/mol. The molecule has 2 rings (SSSR count). The van der Waals surface area contributed by atoms with Crippen molar-refractivity contribution in [1.29, 1.82) is 0 Å². The monoisotopic (exact) mass is 251 g/mol. The van der Waals surface area contributed by atoms with E-state index in [1.807, 2.05) is 17.9 Å². The lowest BCUT2D eigenvalue weighted by molar-refractivity contribution is 0.174. The topological polar surface area (TPSA) is 46.0 Å². The Bertz CT molecular complexity index is 341. The molecule has 0 radical (unpaired) electrons. The minimum atomic E-state index is 0.794. The van der Waals surface area contributed by atoms with Crippen LogP contribution in [0.2, 0.25) is 0 Å². The van der Waals surface area contributed by atoms with E-state index in [1.165, 1.54) is 32.4 Å². The number of nitrogens with zero attached hydrogens (tertiary/aromatic N) is 4. The normalized spacial score (nSPS) is 18.3. The number of nitrogens with one attached hydrogen (secondary N) is 1. The van der Waals surface area contributed by atoms with E-state index in [-0.39, 0.29) is 0 Å². The van der Waals surface area contributed by atoms with E-state index in [4.69, 9.17) is 0 Å². The number of likely N-dealkylation sites (tertiary alicyclic amines) is 1. The number of rotatable bonds is 6. The second kappa shape index (κ2) is 6.85. The Balaban J connectivity index is 1.71. The summed E-state index contributed by atoms with van der Waals surface area (Å²) in [6, 6.07) is 0. The van der Waals surface area contributed by atoms with Gasteiger partial charge in [-0.1, -0.05) is 18.6 Å². The Kier molecular flexibility index (Phi) is 5.13. The van der Waals surface area contributed by atoms with Crippen LogP contribution in [-0.4, -0.2) is 46.6 Å². The Morgan fingerprint density at radius 1 is 1.33 bits per heavy atom. The van der Waals surface area contributed by atoms with Crippen LogP contribution >= 0.6 is 0 Å². The second-order valence-corrected chi connectivity index (χ2v) is 5.20. The lowest BCUT2D eigenvalue weighted by Gasteiger charge is -2.31. The molecule has 5 nitrogen and oxygen atoms in total. The highest BCUT2D eigenvalue weighted by molar-refractivity contribution is 4.91. The molecule has 1 fully saturated rings. The van der Waals surface area contributed by atoms with Gasteiger partial charge >= 0.3 is 0 Å². The minimum absolute atomic E-state index is 0.794. The first-order valence-electron chi connectivity index (χ1n) is 7.07. The summed E-state index contributed by atoms with van der Waals surface area (Å²) in [5.74, 6) is 0.954. The zero-order chi connectivity index (χ0) is 12.8. The first-order chi connectivity index (χ1) is 8.81. The molecule has 0 amide bonds. The van der Waals surface area contributed by atoms with Gasteiger partial charge in [0.05, 0.1) is 12.2 Å². The fraction of sp³-hybridized carbons (Fsp3) is 0.846. The molecule has 1 aromatic rings. The van der Waals surface area contributed by atoms with Gasteiger partial charge in [-0.15, -0.1) is 5.10 Å². The van der Waals surface area contributed by atoms with Crippen LogP contribution < -0.4 is 5.32 Å². The maximum atomic E-state index is 4.15. The Morgan fingerprint density at radius 2 is 2.11 bits per heavy atom. The van der Waals surface area contributed by atoms with E-state index in [9.17, 15) is 0 Å². The van der Waals surface area contributed by atoms with Gasteiger partial charge in [0.2, 0.25) is 0 Å². The maximum absolute atomic E-state index is 4.15. The predicted molar refractivity (Wildman–Crippen MR) is 72.2 cm³/mol. The molecule has 0 aliphatic carbocycles. The van der Waals surface area contributed by atoms with E-state index >= 15 is 0 Å². The lowest BCUT2D eigenvalue weighted by Crippen LogP contribution is -2.35. The highest BCUT2D eigenvalue weighted by atomic mass is 15.4. The van der Waals surface area contributed by atoms with Crippen LogP contribution in [0.5, 0.6) is 0 Å². The van der Waals surface area contributed by atoms with Gasteiger partial charge in [0.1, 0.15) is 0 Å². The van der Waals surface area contributed by atoms with Crippen LogP contribution in [0.4, 0.5) is 0 Å². The van der Waals surface area contributed by atoms with Crippen LogP contribution in [0, 0.1) is 5.92 Å². The molecular formula is C13H25N5. The standard InChI is InChI=1S/C13H25N5/c1-3-12-4-6-17(7-5-12)8-9-18-11-13(10-14-2)15-16-18/h11-12,14H,3-10H2,1-2H3. The predicted octanol–water partition coefficient (Wildman–Crippen LogP) is 1.12. The van der Waals surface area contributed by atoms with Crippen molar-refractivity contribution in [2.75, 3.05) is 26.7 Å². The van der Waals surface area contributed by atoms with Crippen molar-refractivity contribution in [3.63, 3.8) is 0 Å². The summed E-state index contributed by atoms with van der Waals surface area (Å²) in [7, 11) is 1.93. The highest BCUT2D eigenvalue weighted by Gasteiger charge is 2.17. The van der Waals surface area contributed by atoms with Crippen LogP contribution in [-0.2, 0) is 13.1 Å². The van der Waals surface area contributed by atoms with E-state index < -0.39 is 0 Å². The summed E-state index contributed by atoms with van der Waals surface area (Å²) in [6.07, 6.45) is 6.09. The molecule has 1 aromatic heterocycles. The third-order valence-electron chi connectivity index (χ3n) is 3.87. The SMILES string of the molecule is CCC1CCN(CCn2cc(CNC)nn2)CC1. The molecule has 0 aromatic carbocycles. The summed E-state index contributed by atoms with van der Waals surface area (Å²) in [5.41, 5.74) is 1.02. The quantitative estimate of drug-likeness (QED) is 0.823. The zero-order valence-corrected chi connectivity index (χ0v) is 11.6. The van der Waals surface area contributed by atoms with Crippen molar-refractivity contribution in [3.05, 3.63) is 11.9 Å². The molecule has 0 saturated carbocycles. The van der Waals surface area contributed by atoms with Gasteiger partial charge in [0, 0.05) is 19.3 Å². The van der Waals surface area contributed by atoms with Crippen molar-refractivity contribution in [2.45, 2.75) is 39.3 Å². The van der Waals surface area contributed by atoms with Gasteiger partial charge < -0.3 is 10.2 Å². The van der Waals surface area contributed by atoms with Gasteiger partial charge in [0.25, 0.3) is 0 Å². The molecule has 1 N–H and O–H groups in total. The fourth-order valence-corrected chi connectivity index (χ4v) is 2.57. The first-order valence-corrected chi connectivity index (χ1v) is 7.07. The molecule has 0 unspecified atom stereocenters. The number of piperidine rings is 1. The fourth-order valence-electron chi connectivity index (χ4n) is 2.57. The summed E-state index contributed by atoms with van der Waals surface area (Å²) >= 11 is 0. The van der Waals surface area contributed by atoms with Crippen molar-refractivity contribution in [2.24, 2.45) is 5.92 Å². The van der Waals surface area contributed by atoms with Crippen LogP contribution in [0.15, 0.2) is 6.20 Å². The lowest BCUT2D eigenvalue weighted by atomic mass is 9.94. The molecule has 0 atom stereocenters. The molecule has 0 spiro atoms. The van der Waals surface area contributed by atoms with Gasteiger partial charge in [-0.2, -0.15) is 0 Å². The van der Waals surface area contributed by atoms with Crippen LogP contribution in [0.3, 0.4) is 0 Å². The smallest absolute Gasteiger partial charge is 0.0964 e. The molecule has 1 aliphatic rings. The van der Waals surface area contributed by atoms with E-state index in [0.717, 1.165) is 31.2 Å². The molecule has 102 valence electrons. The van der Waals surface area contributed by atoms with Crippen molar-refractivity contribution >= 4 is 0 Å². The molecule has 5 heteroatoms. The molecule has 1 aliphatic heterocycles. The molecule has 2 heterocycles. The summed E-state index contributed by atoms with van der Waals surface area (Å²) in [4.78, 5) is 2.55. The van der Waals surface area contributed by atoms with Gasteiger partial charge in [0.15, 0.2) is 0 Å². The zero-order valence-electron chi connectivity index (χ0n) is 11.6. The van der Waals surface area contributed by atoms with E-state index in [2.05, 4.69) is 27.5 Å². The third kappa shape index (κ3) is 3.78. The molecular weight excluding hydrogens is 226 g/mol. The molecule has 1 saturated heterocycles. The van der Waals surface area contributed by atoms with Crippen molar-refractivity contribution in [3.8, 4) is 0 Å². The third-order valence-corrected chi connectivity index (χ3v) is 3.87. The first kappa shape index (κ1) is 13.5. The highest BCUT2D eigenvalue weighted by Crippen LogP contribution is 2.19. The van der Waals surface area contributed by atoms with Gasteiger partial charge in [-0.05, 0) is 38.9 Å². The molecule has 18 heavy (non-hydrogen) atoms. The number of hydrogen-bond donors (Lipinski definition) is 1. The summed E-state index contributed by atoms with van der Waals surface area (Å²) in [6.45, 7) is 7.64. The van der Waals surface area contributed by atoms with Crippen LogP contribution in [0.25, 0.3) is 0 Å². The number of aromatic nitrogens is 3. The van der Waals surface area contributed by atoms with Gasteiger partial charge in [-0.25, -0.2) is 0 Å². The largest absolute Gasteiger partial charge is 0.314 e. The van der Waals surface area contributed by atoms with Crippen molar-refractivity contribution < 1.29 is 0 Å². The van der Waals surface area contributed by atoms with Gasteiger partial charge in [-0.3, -0.25) is 4.68 Å². The Labute approximate surface area is 110 Å².